The lowest BCUT2D eigenvalue weighted by Gasteiger charge is -2.10. The molecule has 90 valence electrons. The van der Waals surface area contributed by atoms with Gasteiger partial charge in [0, 0.05) is 6.42 Å². The van der Waals surface area contributed by atoms with Crippen LogP contribution in [0.4, 0.5) is 0 Å². The van der Waals surface area contributed by atoms with Crippen molar-refractivity contribution in [1.82, 2.24) is 4.98 Å². The van der Waals surface area contributed by atoms with Gasteiger partial charge in [0.05, 0.1) is 4.88 Å². The van der Waals surface area contributed by atoms with Gasteiger partial charge in [-0.25, -0.2) is 0 Å². The lowest BCUT2D eigenvalue weighted by Crippen LogP contribution is -1.95. The molecule has 0 aliphatic rings. The predicted octanol–water partition coefficient (Wildman–Crippen LogP) is 2.66. The van der Waals surface area contributed by atoms with Gasteiger partial charge in [0.25, 0.3) is 0 Å². The van der Waals surface area contributed by atoms with Crippen molar-refractivity contribution >= 4 is 11.3 Å². The van der Waals surface area contributed by atoms with E-state index in [0.717, 1.165) is 11.3 Å². The van der Waals surface area contributed by atoms with Crippen molar-refractivity contribution in [1.29, 1.82) is 0 Å². The van der Waals surface area contributed by atoms with Crippen LogP contribution in [0, 0.1) is 20.8 Å². The van der Waals surface area contributed by atoms with Gasteiger partial charge in [-0.15, -0.1) is 0 Å². The summed E-state index contributed by atoms with van der Waals surface area (Å²) < 4.78 is 0. The molecular formula is C13H15NO2S. The quantitative estimate of drug-likeness (QED) is 0.859. The van der Waals surface area contributed by atoms with Crippen LogP contribution in [0.2, 0.25) is 0 Å². The highest BCUT2D eigenvalue weighted by molar-refractivity contribution is 7.09. The second-order valence-corrected chi connectivity index (χ2v) is 5.41. The highest BCUT2D eigenvalue weighted by Crippen LogP contribution is 2.25. The van der Waals surface area contributed by atoms with Crippen LogP contribution >= 0.6 is 11.3 Å². The molecule has 0 amide bonds. The van der Waals surface area contributed by atoms with Crippen LogP contribution in [0.3, 0.4) is 0 Å². The number of aromatic nitrogens is 1. The topological polar surface area (TPSA) is 53.1 Å². The molecular weight excluding hydrogens is 234 g/mol. The van der Waals surface area contributed by atoms with Gasteiger partial charge in [-0.1, -0.05) is 29.0 Å². The second-order valence-electron chi connectivity index (χ2n) is 4.34. The first-order valence-electron chi connectivity index (χ1n) is 5.45. The van der Waals surface area contributed by atoms with Gasteiger partial charge in [0.1, 0.15) is 0 Å². The Balaban J connectivity index is 2.43. The number of aromatic hydroxyl groups is 1. The van der Waals surface area contributed by atoms with E-state index < -0.39 is 0 Å². The summed E-state index contributed by atoms with van der Waals surface area (Å²) in [5.41, 5.74) is 4.81. The molecule has 1 heterocycles. The van der Waals surface area contributed by atoms with E-state index in [2.05, 4.69) is 37.9 Å². The van der Waals surface area contributed by atoms with Crippen molar-refractivity contribution in [3.05, 3.63) is 48.9 Å². The molecule has 2 N–H and O–H groups in total. The molecule has 0 bridgehead atoms. The standard InChI is InChI=1S/C13H15NO2S/c1-7-4-8(2)10(9(3)5-7)6-11-12(15)14-13(16)17-11/h4-5,15H,6H2,1-3H3,(H,14,16). The number of nitrogens with one attached hydrogen (secondary N) is 1. The van der Waals surface area contributed by atoms with Crippen molar-refractivity contribution in [3.8, 4) is 5.88 Å². The summed E-state index contributed by atoms with van der Waals surface area (Å²) in [7, 11) is 0. The van der Waals surface area contributed by atoms with Crippen molar-refractivity contribution in [2.75, 3.05) is 0 Å². The normalized spacial score (nSPS) is 10.8. The average molecular weight is 249 g/mol. The lowest BCUT2D eigenvalue weighted by molar-refractivity contribution is 0.451. The maximum Gasteiger partial charge on any atom is 0.307 e. The van der Waals surface area contributed by atoms with E-state index in [9.17, 15) is 9.90 Å². The molecule has 0 saturated heterocycles. The molecule has 0 spiro atoms. The SMILES string of the molecule is Cc1cc(C)c(Cc2sc(=O)[nH]c2O)c(C)c1. The molecule has 0 atom stereocenters. The van der Waals surface area contributed by atoms with Crippen molar-refractivity contribution in [3.63, 3.8) is 0 Å². The lowest BCUT2D eigenvalue weighted by atomic mass is 9.97. The highest BCUT2D eigenvalue weighted by Gasteiger charge is 2.11. The molecule has 1 aromatic carbocycles. The maximum absolute atomic E-state index is 11.1. The summed E-state index contributed by atoms with van der Waals surface area (Å²) in [6.45, 7) is 6.18. The predicted molar refractivity (Wildman–Crippen MR) is 70.1 cm³/mol. The van der Waals surface area contributed by atoms with E-state index in [1.165, 1.54) is 22.3 Å². The van der Waals surface area contributed by atoms with E-state index in [1.54, 1.807) is 0 Å². The van der Waals surface area contributed by atoms with E-state index in [4.69, 9.17) is 0 Å². The van der Waals surface area contributed by atoms with E-state index in [0.29, 0.717) is 11.3 Å². The maximum atomic E-state index is 11.1. The molecule has 2 rings (SSSR count). The molecule has 2 aromatic rings. The third kappa shape index (κ3) is 2.42. The van der Waals surface area contributed by atoms with Crippen LogP contribution < -0.4 is 4.87 Å². The molecule has 0 radical (unpaired) electrons. The molecule has 0 unspecified atom stereocenters. The Kier molecular flexibility index (Phi) is 3.07. The van der Waals surface area contributed by atoms with E-state index in [1.807, 2.05) is 0 Å². The van der Waals surface area contributed by atoms with Gasteiger partial charge in [0.2, 0.25) is 5.88 Å². The van der Waals surface area contributed by atoms with Crippen LogP contribution in [0.5, 0.6) is 5.88 Å². The van der Waals surface area contributed by atoms with Gasteiger partial charge in [0.15, 0.2) is 0 Å². The molecule has 4 heteroatoms. The van der Waals surface area contributed by atoms with Crippen LogP contribution in [0.15, 0.2) is 16.9 Å². The Morgan fingerprint density at radius 2 is 1.82 bits per heavy atom. The molecule has 1 aromatic heterocycles. The summed E-state index contributed by atoms with van der Waals surface area (Å²) in [5, 5.41) is 9.58. The van der Waals surface area contributed by atoms with Crippen LogP contribution in [-0.2, 0) is 6.42 Å². The minimum Gasteiger partial charge on any atom is -0.494 e. The number of benzene rings is 1. The zero-order chi connectivity index (χ0) is 12.6. The third-order valence-electron chi connectivity index (χ3n) is 2.88. The fourth-order valence-electron chi connectivity index (χ4n) is 2.12. The summed E-state index contributed by atoms with van der Waals surface area (Å²) >= 11 is 1.07. The zero-order valence-corrected chi connectivity index (χ0v) is 10.9. The highest BCUT2D eigenvalue weighted by atomic mass is 32.1. The number of aromatic amines is 1. The minimum absolute atomic E-state index is 0.000579. The van der Waals surface area contributed by atoms with Gasteiger partial charge in [-0.2, -0.15) is 0 Å². The molecule has 17 heavy (non-hydrogen) atoms. The first kappa shape index (κ1) is 11.9. The van der Waals surface area contributed by atoms with Crippen LogP contribution in [-0.4, -0.2) is 10.1 Å². The monoisotopic (exact) mass is 249 g/mol. The molecule has 0 aliphatic carbocycles. The number of rotatable bonds is 2. The van der Waals surface area contributed by atoms with Crippen LogP contribution in [0.25, 0.3) is 0 Å². The summed E-state index contributed by atoms with van der Waals surface area (Å²) in [5.74, 6) is -0.000579. The Bertz CT molecular complexity index is 587. The van der Waals surface area contributed by atoms with Gasteiger partial charge in [-0.3, -0.25) is 9.78 Å². The number of aryl methyl sites for hydroxylation is 3. The molecule has 0 aliphatic heterocycles. The Morgan fingerprint density at radius 1 is 1.24 bits per heavy atom. The number of hydrogen-bond donors (Lipinski definition) is 2. The largest absolute Gasteiger partial charge is 0.494 e. The fourth-order valence-corrected chi connectivity index (χ4v) is 2.86. The summed E-state index contributed by atoms with van der Waals surface area (Å²) in [4.78, 5) is 14.0. The second kappa shape index (κ2) is 4.37. The number of hydrogen-bond acceptors (Lipinski definition) is 3. The van der Waals surface area contributed by atoms with E-state index >= 15 is 0 Å². The minimum atomic E-state index is -0.208. The number of thiazole rings is 1. The van der Waals surface area contributed by atoms with Crippen molar-refractivity contribution < 1.29 is 5.11 Å². The van der Waals surface area contributed by atoms with Crippen molar-refractivity contribution in [2.24, 2.45) is 0 Å². The third-order valence-corrected chi connectivity index (χ3v) is 3.75. The van der Waals surface area contributed by atoms with Crippen molar-refractivity contribution in [2.45, 2.75) is 27.2 Å². The van der Waals surface area contributed by atoms with Gasteiger partial charge >= 0.3 is 4.87 Å². The van der Waals surface area contributed by atoms with Gasteiger partial charge < -0.3 is 5.11 Å². The Labute approximate surface area is 104 Å². The van der Waals surface area contributed by atoms with E-state index in [-0.39, 0.29) is 10.8 Å². The number of H-pyrrole nitrogens is 1. The molecule has 0 fully saturated rings. The smallest absolute Gasteiger partial charge is 0.307 e. The fraction of sp³-hybridized carbons (Fsp3) is 0.308. The molecule has 0 saturated carbocycles. The summed E-state index contributed by atoms with van der Waals surface area (Å²) in [6, 6.07) is 4.24. The average Bonchev–Trinajstić information content (AvgIpc) is 2.51. The van der Waals surface area contributed by atoms with Crippen LogP contribution in [0.1, 0.15) is 27.1 Å². The summed E-state index contributed by atoms with van der Waals surface area (Å²) in [6.07, 6.45) is 0.604. The van der Waals surface area contributed by atoms with Gasteiger partial charge in [-0.05, 0) is 37.5 Å². The molecule has 3 nitrogen and oxygen atoms in total. The first-order chi connectivity index (χ1) is 7.97. The first-order valence-corrected chi connectivity index (χ1v) is 6.26. The zero-order valence-electron chi connectivity index (χ0n) is 10.1. The Morgan fingerprint density at radius 3 is 2.29 bits per heavy atom. The Hall–Kier alpha value is -1.55.